The molecule has 3 rings (SSSR count). The second-order valence-corrected chi connectivity index (χ2v) is 5.85. The topological polar surface area (TPSA) is 20.2 Å². The minimum atomic E-state index is -0.958. The van der Waals surface area contributed by atoms with Crippen molar-refractivity contribution in [3.63, 3.8) is 0 Å². The van der Waals surface area contributed by atoms with Crippen molar-refractivity contribution < 1.29 is 13.9 Å². The van der Waals surface area contributed by atoms with Crippen LogP contribution in [-0.2, 0) is 5.60 Å². The fraction of sp³-hybridized carbons (Fsp3) is 0.600. The minimum absolute atomic E-state index is 0.534. The van der Waals surface area contributed by atoms with Crippen molar-refractivity contribution in [2.24, 2.45) is 11.8 Å². The third-order valence-corrected chi connectivity index (χ3v) is 4.51. The first-order valence-corrected chi connectivity index (χ1v) is 6.76. The number of rotatable bonds is 2. The lowest BCUT2D eigenvalue weighted by atomic mass is 9.73. The van der Waals surface area contributed by atoms with Crippen LogP contribution in [0.15, 0.2) is 18.2 Å². The fourth-order valence-corrected chi connectivity index (χ4v) is 3.31. The molecule has 2 aliphatic carbocycles. The summed E-state index contributed by atoms with van der Waals surface area (Å²) in [6.45, 7) is 0. The molecule has 0 radical (unpaired) electrons. The SMILES string of the molecule is OC1(c2ccc(F)c(F)c2)CCCC(C2CC2)C1. The lowest BCUT2D eigenvalue weighted by Gasteiger charge is -2.37. The van der Waals surface area contributed by atoms with Gasteiger partial charge in [0.05, 0.1) is 5.60 Å². The van der Waals surface area contributed by atoms with Crippen LogP contribution in [0.3, 0.4) is 0 Å². The van der Waals surface area contributed by atoms with Gasteiger partial charge in [0.15, 0.2) is 11.6 Å². The van der Waals surface area contributed by atoms with Crippen LogP contribution in [-0.4, -0.2) is 5.11 Å². The van der Waals surface area contributed by atoms with E-state index in [2.05, 4.69) is 0 Å². The molecule has 1 aromatic rings. The molecule has 3 heteroatoms. The molecule has 2 fully saturated rings. The van der Waals surface area contributed by atoms with Crippen LogP contribution in [0, 0.1) is 23.5 Å². The van der Waals surface area contributed by atoms with Crippen molar-refractivity contribution >= 4 is 0 Å². The van der Waals surface area contributed by atoms with E-state index in [4.69, 9.17) is 0 Å². The van der Waals surface area contributed by atoms with Gasteiger partial charge >= 0.3 is 0 Å². The number of hydrogen-bond acceptors (Lipinski definition) is 1. The highest BCUT2D eigenvalue weighted by molar-refractivity contribution is 5.25. The predicted molar refractivity (Wildman–Crippen MR) is 64.9 cm³/mol. The highest BCUT2D eigenvalue weighted by Crippen LogP contribution is 2.49. The summed E-state index contributed by atoms with van der Waals surface area (Å²) in [5, 5.41) is 10.7. The van der Waals surface area contributed by atoms with Gasteiger partial charge in [0.25, 0.3) is 0 Å². The van der Waals surface area contributed by atoms with E-state index < -0.39 is 17.2 Å². The van der Waals surface area contributed by atoms with Crippen molar-refractivity contribution in [1.82, 2.24) is 0 Å². The van der Waals surface area contributed by atoms with Crippen molar-refractivity contribution in [3.05, 3.63) is 35.4 Å². The van der Waals surface area contributed by atoms with Crippen molar-refractivity contribution in [3.8, 4) is 0 Å². The van der Waals surface area contributed by atoms with Crippen molar-refractivity contribution in [2.45, 2.75) is 44.1 Å². The summed E-state index contributed by atoms with van der Waals surface area (Å²) in [6.07, 6.45) is 6.01. The van der Waals surface area contributed by atoms with E-state index in [9.17, 15) is 13.9 Å². The first-order chi connectivity index (χ1) is 8.58. The minimum Gasteiger partial charge on any atom is -0.385 e. The van der Waals surface area contributed by atoms with E-state index in [-0.39, 0.29) is 0 Å². The molecule has 2 unspecified atom stereocenters. The second kappa shape index (κ2) is 4.30. The van der Waals surface area contributed by atoms with Gasteiger partial charge in [-0.1, -0.05) is 6.07 Å². The summed E-state index contributed by atoms with van der Waals surface area (Å²) in [7, 11) is 0. The molecule has 1 aromatic carbocycles. The Hall–Kier alpha value is -0.960. The van der Waals surface area contributed by atoms with Crippen LogP contribution in [0.2, 0.25) is 0 Å². The molecule has 0 saturated heterocycles. The van der Waals surface area contributed by atoms with Gasteiger partial charge in [-0.05, 0) is 68.1 Å². The second-order valence-electron chi connectivity index (χ2n) is 5.85. The van der Waals surface area contributed by atoms with Crippen LogP contribution >= 0.6 is 0 Å². The Kier molecular flexibility index (Phi) is 2.89. The Morgan fingerprint density at radius 1 is 1.06 bits per heavy atom. The standard InChI is InChI=1S/C15H18F2O/c16-13-6-5-12(8-14(13)17)15(18)7-1-2-11(9-15)10-3-4-10/h5-6,8,10-11,18H,1-4,7,9H2. The molecule has 18 heavy (non-hydrogen) atoms. The molecule has 0 spiro atoms. The molecule has 0 aliphatic heterocycles. The maximum absolute atomic E-state index is 13.3. The summed E-state index contributed by atoms with van der Waals surface area (Å²) in [6, 6.07) is 3.79. The normalized spacial score (nSPS) is 32.5. The molecular weight excluding hydrogens is 234 g/mol. The van der Waals surface area contributed by atoms with Gasteiger partial charge in [-0.25, -0.2) is 8.78 Å². The zero-order valence-electron chi connectivity index (χ0n) is 10.3. The average Bonchev–Trinajstić information content (AvgIpc) is 3.17. The first kappa shape index (κ1) is 12.1. The highest BCUT2D eigenvalue weighted by atomic mass is 19.2. The third kappa shape index (κ3) is 2.16. The van der Waals surface area contributed by atoms with Crippen LogP contribution in [0.1, 0.15) is 44.1 Å². The van der Waals surface area contributed by atoms with Crippen molar-refractivity contribution in [2.75, 3.05) is 0 Å². The number of hydrogen-bond donors (Lipinski definition) is 1. The molecule has 2 saturated carbocycles. The Morgan fingerprint density at radius 3 is 2.50 bits per heavy atom. The monoisotopic (exact) mass is 252 g/mol. The third-order valence-electron chi connectivity index (χ3n) is 4.51. The molecule has 0 aromatic heterocycles. The molecular formula is C15H18F2O. The summed E-state index contributed by atoms with van der Waals surface area (Å²) < 4.78 is 26.2. The highest BCUT2D eigenvalue weighted by Gasteiger charge is 2.42. The van der Waals surface area contributed by atoms with E-state index in [0.29, 0.717) is 24.3 Å². The Bertz CT molecular complexity index is 456. The molecule has 1 nitrogen and oxygen atoms in total. The van der Waals surface area contributed by atoms with E-state index >= 15 is 0 Å². The molecule has 0 heterocycles. The zero-order valence-corrected chi connectivity index (χ0v) is 10.3. The first-order valence-electron chi connectivity index (χ1n) is 6.76. The predicted octanol–water partition coefficient (Wildman–Crippen LogP) is 3.75. The van der Waals surface area contributed by atoms with Crippen LogP contribution in [0.5, 0.6) is 0 Å². The average molecular weight is 252 g/mol. The van der Waals surface area contributed by atoms with Gasteiger partial charge in [0.1, 0.15) is 0 Å². The number of benzene rings is 1. The largest absolute Gasteiger partial charge is 0.385 e. The maximum Gasteiger partial charge on any atom is 0.159 e. The molecule has 1 N–H and O–H groups in total. The summed E-state index contributed by atoms with van der Waals surface area (Å²) in [5.41, 5.74) is -0.424. The van der Waals surface area contributed by atoms with Gasteiger partial charge < -0.3 is 5.11 Å². The lowest BCUT2D eigenvalue weighted by Crippen LogP contribution is -2.33. The molecule has 2 aliphatic rings. The smallest absolute Gasteiger partial charge is 0.159 e. The van der Waals surface area contributed by atoms with E-state index in [1.54, 1.807) is 0 Å². The van der Waals surface area contributed by atoms with Crippen LogP contribution in [0.25, 0.3) is 0 Å². The molecule has 0 bridgehead atoms. The zero-order chi connectivity index (χ0) is 12.8. The van der Waals surface area contributed by atoms with Crippen LogP contribution < -0.4 is 0 Å². The van der Waals surface area contributed by atoms with Gasteiger partial charge in [-0.2, -0.15) is 0 Å². The van der Waals surface area contributed by atoms with Gasteiger partial charge in [0, 0.05) is 0 Å². The van der Waals surface area contributed by atoms with Gasteiger partial charge in [-0.3, -0.25) is 0 Å². The maximum atomic E-state index is 13.3. The van der Waals surface area contributed by atoms with Gasteiger partial charge in [-0.15, -0.1) is 0 Å². The van der Waals surface area contributed by atoms with Crippen molar-refractivity contribution in [1.29, 1.82) is 0 Å². The van der Waals surface area contributed by atoms with E-state index in [0.717, 1.165) is 30.9 Å². The number of halogens is 2. The summed E-state index contributed by atoms with van der Waals surface area (Å²) in [5.74, 6) is -0.412. The summed E-state index contributed by atoms with van der Waals surface area (Å²) >= 11 is 0. The van der Waals surface area contributed by atoms with E-state index in [1.807, 2.05) is 0 Å². The molecule has 0 amide bonds. The van der Waals surface area contributed by atoms with E-state index in [1.165, 1.54) is 18.9 Å². The number of aliphatic hydroxyl groups is 1. The quantitative estimate of drug-likeness (QED) is 0.849. The molecule has 2 atom stereocenters. The Balaban J connectivity index is 1.85. The fourth-order valence-electron chi connectivity index (χ4n) is 3.31. The summed E-state index contributed by atoms with van der Waals surface area (Å²) in [4.78, 5) is 0. The molecule has 98 valence electrons. The Morgan fingerprint density at radius 2 is 1.83 bits per heavy atom. The van der Waals surface area contributed by atoms with Gasteiger partial charge in [0.2, 0.25) is 0 Å². The Labute approximate surface area is 106 Å². The van der Waals surface area contributed by atoms with Crippen LogP contribution in [0.4, 0.5) is 8.78 Å². The lowest BCUT2D eigenvalue weighted by molar-refractivity contribution is -0.0254.